The van der Waals surface area contributed by atoms with Crippen LogP contribution in [0.2, 0.25) is 5.02 Å². The Balaban J connectivity index is 1.99. The first-order chi connectivity index (χ1) is 9.61. The van der Waals surface area contributed by atoms with Gasteiger partial charge in [-0.3, -0.25) is 4.79 Å². The Morgan fingerprint density at radius 3 is 2.40 bits per heavy atom. The molecule has 3 rings (SSSR count). The van der Waals surface area contributed by atoms with Crippen LogP contribution in [0.3, 0.4) is 0 Å². The van der Waals surface area contributed by atoms with Gasteiger partial charge in [0.2, 0.25) is 0 Å². The van der Waals surface area contributed by atoms with Crippen molar-refractivity contribution in [2.75, 3.05) is 5.73 Å². The molecule has 0 aliphatic heterocycles. The topological polar surface area (TPSA) is 55.5 Å². The van der Waals surface area contributed by atoms with Gasteiger partial charge in [-0.1, -0.05) is 23.7 Å². The van der Waals surface area contributed by atoms with E-state index < -0.39 is 0 Å². The van der Waals surface area contributed by atoms with Crippen molar-refractivity contribution in [1.82, 2.24) is 0 Å². The molecule has 1 aliphatic rings. The highest BCUT2D eigenvalue weighted by Gasteiger charge is 2.16. The van der Waals surface area contributed by atoms with Crippen LogP contribution in [0.5, 0.6) is 0 Å². The summed E-state index contributed by atoms with van der Waals surface area (Å²) in [5.74, 6) is -0.222. The van der Waals surface area contributed by atoms with Gasteiger partial charge in [-0.15, -0.1) is 0 Å². The van der Waals surface area contributed by atoms with E-state index in [4.69, 9.17) is 17.3 Å². The zero-order chi connectivity index (χ0) is 14.1. The molecule has 100 valence electrons. The van der Waals surface area contributed by atoms with E-state index in [0.717, 1.165) is 29.7 Å². The molecular formula is C16H13ClN2O. The fourth-order valence-corrected chi connectivity index (χ4v) is 2.09. The standard InChI is InChI=1S/C16H13ClN2O/c17-13-3-1-10(2-4-13)11-7-12(9-14(18)8-11)16(20)19-15-5-6-15/h1-4,7-9H,5-6,18H2. The summed E-state index contributed by atoms with van der Waals surface area (Å²) in [6, 6.07) is 12.7. The molecule has 2 aromatic carbocycles. The predicted octanol–water partition coefficient (Wildman–Crippen LogP) is 3.96. The Kier molecular flexibility index (Phi) is 3.28. The van der Waals surface area contributed by atoms with Gasteiger partial charge in [-0.25, -0.2) is 4.99 Å². The first-order valence-electron chi connectivity index (χ1n) is 6.39. The van der Waals surface area contributed by atoms with Crippen LogP contribution in [0.1, 0.15) is 23.2 Å². The average molecular weight is 285 g/mol. The van der Waals surface area contributed by atoms with Gasteiger partial charge in [0, 0.05) is 22.0 Å². The maximum absolute atomic E-state index is 12.0. The molecule has 20 heavy (non-hydrogen) atoms. The average Bonchev–Trinajstić information content (AvgIpc) is 3.22. The van der Waals surface area contributed by atoms with Gasteiger partial charge in [0.25, 0.3) is 5.91 Å². The Hall–Kier alpha value is -2.13. The van der Waals surface area contributed by atoms with Gasteiger partial charge in [-0.05, 0) is 54.3 Å². The highest BCUT2D eigenvalue weighted by Crippen LogP contribution is 2.26. The maximum Gasteiger partial charge on any atom is 0.276 e. The number of nitrogen functional groups attached to an aromatic ring is 1. The van der Waals surface area contributed by atoms with Crippen molar-refractivity contribution < 1.29 is 4.79 Å². The van der Waals surface area contributed by atoms with Gasteiger partial charge < -0.3 is 5.73 Å². The lowest BCUT2D eigenvalue weighted by atomic mass is 10.0. The fourth-order valence-electron chi connectivity index (χ4n) is 1.96. The molecule has 0 unspecified atom stereocenters. The van der Waals surface area contributed by atoms with Crippen molar-refractivity contribution in [2.24, 2.45) is 4.99 Å². The van der Waals surface area contributed by atoms with Crippen molar-refractivity contribution >= 4 is 28.9 Å². The number of hydrogen-bond donors (Lipinski definition) is 1. The normalized spacial score (nSPS) is 13.2. The van der Waals surface area contributed by atoms with E-state index in [-0.39, 0.29) is 5.91 Å². The summed E-state index contributed by atoms with van der Waals surface area (Å²) >= 11 is 5.88. The van der Waals surface area contributed by atoms with Crippen LogP contribution in [0, 0.1) is 0 Å². The number of carbonyl (C=O) groups is 1. The van der Waals surface area contributed by atoms with Crippen molar-refractivity contribution in [3.8, 4) is 11.1 Å². The molecule has 2 aromatic rings. The fraction of sp³-hybridized carbons (Fsp3) is 0.125. The monoisotopic (exact) mass is 284 g/mol. The van der Waals surface area contributed by atoms with Crippen LogP contribution >= 0.6 is 11.6 Å². The lowest BCUT2D eigenvalue weighted by molar-refractivity contribution is 0.100. The third-order valence-corrected chi connectivity index (χ3v) is 3.37. The van der Waals surface area contributed by atoms with Gasteiger partial charge in [0.15, 0.2) is 0 Å². The Bertz CT molecular complexity index is 699. The minimum atomic E-state index is -0.222. The SMILES string of the molecule is Nc1cc(C(=O)N=C2CC2)cc(-c2ccc(Cl)cc2)c1. The number of halogens is 1. The molecule has 0 atom stereocenters. The molecule has 3 nitrogen and oxygen atoms in total. The molecule has 0 spiro atoms. The van der Waals surface area contributed by atoms with Crippen molar-refractivity contribution in [2.45, 2.75) is 12.8 Å². The van der Waals surface area contributed by atoms with Crippen LogP contribution in [-0.2, 0) is 0 Å². The third-order valence-electron chi connectivity index (χ3n) is 3.11. The second-order valence-corrected chi connectivity index (χ2v) is 5.27. The molecule has 0 heterocycles. The quantitative estimate of drug-likeness (QED) is 0.849. The number of aliphatic imine (C=N–C) groups is 1. The number of hydrogen-bond acceptors (Lipinski definition) is 2. The summed E-state index contributed by atoms with van der Waals surface area (Å²) in [6.07, 6.45) is 1.86. The van der Waals surface area contributed by atoms with E-state index in [1.54, 1.807) is 6.07 Å². The van der Waals surface area contributed by atoms with Crippen molar-refractivity contribution in [1.29, 1.82) is 0 Å². The second-order valence-electron chi connectivity index (χ2n) is 4.83. The summed E-state index contributed by atoms with van der Waals surface area (Å²) in [7, 11) is 0. The number of benzene rings is 2. The van der Waals surface area contributed by atoms with E-state index in [9.17, 15) is 4.79 Å². The molecule has 0 bridgehead atoms. The van der Waals surface area contributed by atoms with E-state index >= 15 is 0 Å². The predicted molar refractivity (Wildman–Crippen MR) is 82.3 cm³/mol. The van der Waals surface area contributed by atoms with Gasteiger partial charge >= 0.3 is 0 Å². The van der Waals surface area contributed by atoms with Gasteiger partial charge in [-0.2, -0.15) is 0 Å². The third kappa shape index (κ3) is 2.89. The summed E-state index contributed by atoms with van der Waals surface area (Å²) in [5.41, 5.74) is 9.78. The van der Waals surface area contributed by atoms with Crippen LogP contribution in [0.15, 0.2) is 47.5 Å². The first kappa shape index (κ1) is 12.9. The van der Waals surface area contributed by atoms with E-state index in [1.165, 1.54) is 0 Å². The number of amides is 1. The number of carbonyl (C=O) groups excluding carboxylic acids is 1. The van der Waals surface area contributed by atoms with Crippen LogP contribution in [0.4, 0.5) is 5.69 Å². The zero-order valence-corrected chi connectivity index (χ0v) is 11.5. The molecule has 1 fully saturated rings. The Morgan fingerprint density at radius 1 is 1.05 bits per heavy atom. The number of anilines is 1. The van der Waals surface area contributed by atoms with Crippen LogP contribution < -0.4 is 5.73 Å². The molecule has 4 heteroatoms. The van der Waals surface area contributed by atoms with Crippen molar-refractivity contribution in [3.63, 3.8) is 0 Å². The molecule has 0 radical (unpaired) electrons. The second kappa shape index (κ2) is 5.10. The van der Waals surface area contributed by atoms with E-state index in [0.29, 0.717) is 16.3 Å². The first-order valence-corrected chi connectivity index (χ1v) is 6.77. The van der Waals surface area contributed by atoms with Gasteiger partial charge in [0.05, 0.1) is 0 Å². The Labute approximate surface area is 122 Å². The summed E-state index contributed by atoms with van der Waals surface area (Å²) in [6.45, 7) is 0. The minimum Gasteiger partial charge on any atom is -0.399 e. The Morgan fingerprint density at radius 2 is 1.75 bits per heavy atom. The van der Waals surface area contributed by atoms with Crippen LogP contribution in [0.25, 0.3) is 11.1 Å². The number of nitrogens with zero attached hydrogens (tertiary/aromatic N) is 1. The van der Waals surface area contributed by atoms with E-state index in [1.807, 2.05) is 36.4 Å². The molecular weight excluding hydrogens is 272 g/mol. The molecule has 2 N–H and O–H groups in total. The smallest absolute Gasteiger partial charge is 0.276 e. The summed E-state index contributed by atoms with van der Waals surface area (Å²) in [4.78, 5) is 16.1. The van der Waals surface area contributed by atoms with Crippen molar-refractivity contribution in [3.05, 3.63) is 53.1 Å². The van der Waals surface area contributed by atoms with Gasteiger partial charge in [0.1, 0.15) is 0 Å². The molecule has 0 aromatic heterocycles. The highest BCUT2D eigenvalue weighted by molar-refractivity contribution is 6.30. The number of rotatable bonds is 2. The lowest BCUT2D eigenvalue weighted by Crippen LogP contribution is -1.98. The minimum absolute atomic E-state index is 0.222. The molecule has 1 aliphatic carbocycles. The maximum atomic E-state index is 12.0. The zero-order valence-electron chi connectivity index (χ0n) is 10.8. The summed E-state index contributed by atoms with van der Waals surface area (Å²) in [5, 5.41) is 0.675. The lowest BCUT2D eigenvalue weighted by Gasteiger charge is -2.06. The van der Waals surface area contributed by atoms with Crippen LogP contribution in [-0.4, -0.2) is 11.6 Å². The molecule has 0 saturated heterocycles. The van der Waals surface area contributed by atoms with E-state index in [2.05, 4.69) is 4.99 Å². The molecule has 1 amide bonds. The molecule has 1 saturated carbocycles. The number of nitrogens with two attached hydrogens (primary N) is 1. The largest absolute Gasteiger partial charge is 0.399 e. The summed E-state index contributed by atoms with van der Waals surface area (Å²) < 4.78 is 0. The highest BCUT2D eigenvalue weighted by atomic mass is 35.5.